The lowest BCUT2D eigenvalue weighted by Gasteiger charge is -2.03. The number of nitrogens with zero attached hydrogens (tertiary/aromatic N) is 2. The van der Waals surface area contributed by atoms with Crippen LogP contribution in [0.1, 0.15) is 25.5 Å². The predicted molar refractivity (Wildman–Crippen MR) is 81.1 cm³/mol. The Hall–Kier alpha value is -2.14. The van der Waals surface area contributed by atoms with Crippen molar-refractivity contribution in [2.24, 2.45) is 0 Å². The topological polar surface area (TPSA) is 56.1 Å². The number of ether oxygens (including phenoxy) is 1. The molecule has 0 aliphatic heterocycles. The summed E-state index contributed by atoms with van der Waals surface area (Å²) in [5.41, 5.74) is 2.03. The Balaban J connectivity index is 1.70. The molecule has 0 bridgehead atoms. The van der Waals surface area contributed by atoms with Gasteiger partial charge < -0.3 is 10.1 Å². The molecule has 0 aliphatic rings. The molecule has 5 heteroatoms. The van der Waals surface area contributed by atoms with E-state index in [-0.39, 0.29) is 5.97 Å². The summed E-state index contributed by atoms with van der Waals surface area (Å²) >= 11 is 0. The molecule has 1 aromatic heterocycles. The van der Waals surface area contributed by atoms with Gasteiger partial charge in [0.15, 0.2) is 0 Å². The molecule has 1 heterocycles. The third-order valence-electron chi connectivity index (χ3n) is 3.01. The van der Waals surface area contributed by atoms with Crippen LogP contribution >= 0.6 is 0 Å². The number of hydrogen-bond donors (Lipinski definition) is 1. The van der Waals surface area contributed by atoms with Gasteiger partial charge in [0.05, 0.1) is 18.0 Å². The molecule has 0 saturated heterocycles. The first-order valence-corrected chi connectivity index (χ1v) is 7.26. The Morgan fingerprint density at radius 1 is 1.29 bits per heavy atom. The molecular weight excluding hydrogens is 266 g/mol. The third kappa shape index (κ3) is 5.04. The second-order valence-electron chi connectivity index (χ2n) is 4.67. The summed E-state index contributed by atoms with van der Waals surface area (Å²) in [6, 6.07) is 12.0. The van der Waals surface area contributed by atoms with Gasteiger partial charge in [-0.25, -0.2) is 4.68 Å². The van der Waals surface area contributed by atoms with E-state index >= 15 is 0 Å². The molecule has 0 aliphatic carbocycles. The van der Waals surface area contributed by atoms with E-state index in [0.717, 1.165) is 24.3 Å². The number of para-hydroxylation sites is 1. The van der Waals surface area contributed by atoms with Crippen LogP contribution in [0.5, 0.6) is 0 Å². The third-order valence-corrected chi connectivity index (χ3v) is 3.01. The van der Waals surface area contributed by atoms with Crippen molar-refractivity contribution in [3.63, 3.8) is 0 Å². The Morgan fingerprint density at radius 2 is 2.10 bits per heavy atom. The second kappa shape index (κ2) is 8.21. The molecule has 5 nitrogen and oxygen atoms in total. The van der Waals surface area contributed by atoms with Gasteiger partial charge in [0.25, 0.3) is 0 Å². The first kappa shape index (κ1) is 15.3. The van der Waals surface area contributed by atoms with Gasteiger partial charge in [-0.1, -0.05) is 18.2 Å². The minimum Gasteiger partial charge on any atom is -0.466 e. The molecule has 0 saturated carbocycles. The first-order valence-electron chi connectivity index (χ1n) is 7.26. The van der Waals surface area contributed by atoms with E-state index in [4.69, 9.17) is 4.74 Å². The summed E-state index contributed by atoms with van der Waals surface area (Å²) < 4.78 is 6.73. The molecule has 21 heavy (non-hydrogen) atoms. The van der Waals surface area contributed by atoms with Crippen LogP contribution in [-0.4, -0.2) is 28.9 Å². The lowest BCUT2D eigenvalue weighted by Crippen LogP contribution is -2.17. The molecule has 1 N–H and O–H groups in total. The van der Waals surface area contributed by atoms with Crippen LogP contribution in [-0.2, 0) is 16.1 Å². The molecule has 112 valence electrons. The zero-order valence-electron chi connectivity index (χ0n) is 12.3. The number of rotatable bonds is 8. The normalized spacial score (nSPS) is 10.5. The maximum absolute atomic E-state index is 11.2. The monoisotopic (exact) mass is 287 g/mol. The lowest BCUT2D eigenvalue weighted by molar-refractivity contribution is -0.143. The first-order chi connectivity index (χ1) is 10.3. The van der Waals surface area contributed by atoms with Crippen LogP contribution in [0, 0.1) is 0 Å². The highest BCUT2D eigenvalue weighted by atomic mass is 16.5. The molecule has 0 amide bonds. The van der Waals surface area contributed by atoms with Gasteiger partial charge in [0.1, 0.15) is 0 Å². The summed E-state index contributed by atoms with van der Waals surface area (Å²) in [6.45, 7) is 3.74. The fourth-order valence-corrected chi connectivity index (χ4v) is 1.99. The largest absolute Gasteiger partial charge is 0.466 e. The van der Waals surface area contributed by atoms with Crippen molar-refractivity contribution in [1.29, 1.82) is 0 Å². The number of hydrogen-bond acceptors (Lipinski definition) is 4. The molecular formula is C16H21N3O2. The fourth-order valence-electron chi connectivity index (χ4n) is 1.99. The minimum absolute atomic E-state index is 0.132. The minimum atomic E-state index is -0.132. The van der Waals surface area contributed by atoms with E-state index in [2.05, 4.69) is 10.4 Å². The van der Waals surface area contributed by atoms with E-state index < -0.39 is 0 Å². The Labute approximate surface area is 124 Å². The van der Waals surface area contributed by atoms with Gasteiger partial charge in [-0.3, -0.25) is 4.79 Å². The molecule has 0 spiro atoms. The van der Waals surface area contributed by atoms with E-state index in [9.17, 15) is 4.79 Å². The van der Waals surface area contributed by atoms with Crippen LogP contribution in [0.3, 0.4) is 0 Å². The number of nitrogens with one attached hydrogen (secondary N) is 1. The van der Waals surface area contributed by atoms with Crippen LogP contribution in [0.4, 0.5) is 0 Å². The Bertz CT molecular complexity index is 552. The van der Waals surface area contributed by atoms with Crippen LogP contribution in [0.2, 0.25) is 0 Å². The molecule has 1 aromatic carbocycles. The van der Waals surface area contributed by atoms with E-state index in [0.29, 0.717) is 19.6 Å². The number of benzene rings is 1. The highest BCUT2D eigenvalue weighted by Crippen LogP contribution is 2.06. The van der Waals surface area contributed by atoms with Gasteiger partial charge in [0.2, 0.25) is 0 Å². The lowest BCUT2D eigenvalue weighted by atomic mass is 10.3. The van der Waals surface area contributed by atoms with Crippen molar-refractivity contribution in [3.05, 3.63) is 48.3 Å². The summed E-state index contributed by atoms with van der Waals surface area (Å²) in [7, 11) is 0. The molecule has 0 unspecified atom stereocenters. The summed E-state index contributed by atoms with van der Waals surface area (Å²) in [4.78, 5) is 11.2. The number of carbonyl (C=O) groups excluding carboxylic acids is 1. The maximum atomic E-state index is 11.2. The van der Waals surface area contributed by atoms with Gasteiger partial charge in [0, 0.05) is 19.2 Å². The zero-order chi connectivity index (χ0) is 14.9. The summed E-state index contributed by atoms with van der Waals surface area (Å²) in [5.74, 6) is -0.132. The van der Waals surface area contributed by atoms with Crippen LogP contribution in [0.15, 0.2) is 42.6 Å². The molecule has 2 aromatic rings. The van der Waals surface area contributed by atoms with Crippen molar-refractivity contribution >= 4 is 5.97 Å². The van der Waals surface area contributed by atoms with E-state index in [1.165, 1.54) is 0 Å². The van der Waals surface area contributed by atoms with Gasteiger partial charge in [-0.05, 0) is 38.1 Å². The smallest absolute Gasteiger partial charge is 0.305 e. The SMILES string of the molecule is CCOC(=O)CCCNCc1ccn(-c2ccccc2)n1. The van der Waals surface area contributed by atoms with Crippen molar-refractivity contribution in [2.75, 3.05) is 13.2 Å². The van der Waals surface area contributed by atoms with Crippen molar-refractivity contribution in [1.82, 2.24) is 15.1 Å². The van der Waals surface area contributed by atoms with E-state index in [1.807, 2.05) is 54.2 Å². The van der Waals surface area contributed by atoms with Gasteiger partial charge in [-0.2, -0.15) is 5.10 Å². The van der Waals surface area contributed by atoms with Crippen LogP contribution < -0.4 is 5.32 Å². The molecule has 0 radical (unpaired) electrons. The Morgan fingerprint density at radius 3 is 2.86 bits per heavy atom. The maximum Gasteiger partial charge on any atom is 0.305 e. The predicted octanol–water partition coefficient (Wildman–Crippen LogP) is 2.31. The highest BCUT2D eigenvalue weighted by molar-refractivity contribution is 5.69. The quantitative estimate of drug-likeness (QED) is 0.598. The average Bonchev–Trinajstić information content (AvgIpc) is 2.97. The average molecular weight is 287 g/mol. The van der Waals surface area contributed by atoms with Crippen molar-refractivity contribution in [2.45, 2.75) is 26.3 Å². The summed E-state index contributed by atoms with van der Waals surface area (Å²) in [5, 5.41) is 7.79. The number of esters is 1. The van der Waals surface area contributed by atoms with Gasteiger partial charge >= 0.3 is 5.97 Å². The van der Waals surface area contributed by atoms with Crippen molar-refractivity contribution < 1.29 is 9.53 Å². The summed E-state index contributed by atoms with van der Waals surface area (Å²) in [6.07, 6.45) is 3.18. The standard InChI is InChI=1S/C16H21N3O2/c1-2-21-16(20)9-6-11-17-13-14-10-12-19(18-14)15-7-4-3-5-8-15/h3-5,7-8,10,12,17H,2,6,9,11,13H2,1H3. The van der Waals surface area contributed by atoms with Crippen molar-refractivity contribution in [3.8, 4) is 5.69 Å². The van der Waals surface area contributed by atoms with E-state index in [1.54, 1.807) is 0 Å². The number of aromatic nitrogens is 2. The number of carbonyl (C=O) groups is 1. The fraction of sp³-hybridized carbons (Fsp3) is 0.375. The van der Waals surface area contributed by atoms with Gasteiger partial charge in [-0.15, -0.1) is 0 Å². The second-order valence-corrected chi connectivity index (χ2v) is 4.67. The molecule has 0 fully saturated rings. The molecule has 2 rings (SSSR count). The highest BCUT2D eigenvalue weighted by Gasteiger charge is 2.02. The van der Waals surface area contributed by atoms with Crippen LogP contribution in [0.25, 0.3) is 5.69 Å². The zero-order valence-corrected chi connectivity index (χ0v) is 12.3. The Kier molecular flexibility index (Phi) is 5.97. The molecule has 0 atom stereocenters.